The van der Waals surface area contributed by atoms with Crippen molar-refractivity contribution in [2.24, 2.45) is 0 Å². The van der Waals surface area contributed by atoms with Gasteiger partial charge in [-0.15, -0.1) is 0 Å². The number of nitrogens with one attached hydrogen (secondary N) is 1. The molecule has 0 radical (unpaired) electrons. The number of likely N-dealkylation sites (tertiary alicyclic amines) is 1. The Labute approximate surface area is 143 Å². The number of carbonyl (C=O) groups excluding carboxylic acids is 1. The Hall–Kier alpha value is -2.43. The highest BCUT2D eigenvalue weighted by atomic mass is 16.2. The summed E-state index contributed by atoms with van der Waals surface area (Å²) in [4.78, 5) is 23.2. The highest BCUT2D eigenvalue weighted by molar-refractivity contribution is 5.93. The Morgan fingerprint density at radius 3 is 2.88 bits per heavy atom. The summed E-state index contributed by atoms with van der Waals surface area (Å²) in [7, 11) is 0. The third-order valence-corrected chi connectivity index (χ3v) is 4.56. The van der Waals surface area contributed by atoms with Gasteiger partial charge in [-0.25, -0.2) is 9.97 Å². The lowest BCUT2D eigenvalue weighted by molar-refractivity contribution is 0.0602. The van der Waals surface area contributed by atoms with Crippen LogP contribution in [0.15, 0.2) is 42.7 Å². The average molecular weight is 324 g/mol. The number of amides is 1. The number of piperidine rings is 1. The molecule has 126 valence electrons. The lowest BCUT2D eigenvalue weighted by Crippen LogP contribution is -2.43. The van der Waals surface area contributed by atoms with E-state index in [0.29, 0.717) is 24.1 Å². The van der Waals surface area contributed by atoms with Gasteiger partial charge in [0, 0.05) is 25.2 Å². The van der Waals surface area contributed by atoms with Gasteiger partial charge in [-0.3, -0.25) is 4.79 Å². The summed E-state index contributed by atoms with van der Waals surface area (Å²) in [5.41, 5.74) is 1.65. The first-order chi connectivity index (χ1) is 11.8. The zero-order valence-electron chi connectivity index (χ0n) is 14.1. The normalized spacial score (nSPS) is 17.5. The largest absolute Gasteiger partial charge is 0.366 e. The van der Waals surface area contributed by atoms with Crippen molar-refractivity contribution in [2.75, 3.05) is 11.9 Å². The molecule has 1 fully saturated rings. The van der Waals surface area contributed by atoms with E-state index in [0.717, 1.165) is 25.8 Å². The number of carbonyl (C=O) groups is 1. The summed E-state index contributed by atoms with van der Waals surface area (Å²) < 4.78 is 0. The van der Waals surface area contributed by atoms with Gasteiger partial charge in [0.1, 0.15) is 17.8 Å². The van der Waals surface area contributed by atoms with Gasteiger partial charge >= 0.3 is 0 Å². The van der Waals surface area contributed by atoms with Gasteiger partial charge in [-0.2, -0.15) is 0 Å². The molecular formula is C19H24N4O. The number of rotatable bonds is 5. The van der Waals surface area contributed by atoms with Crippen LogP contribution in [-0.2, 0) is 6.54 Å². The topological polar surface area (TPSA) is 58.1 Å². The summed E-state index contributed by atoms with van der Waals surface area (Å²) >= 11 is 0. The van der Waals surface area contributed by atoms with E-state index in [4.69, 9.17) is 0 Å². The fourth-order valence-corrected chi connectivity index (χ4v) is 3.20. The van der Waals surface area contributed by atoms with Gasteiger partial charge in [-0.05, 0) is 31.2 Å². The van der Waals surface area contributed by atoms with Crippen LogP contribution in [-0.4, -0.2) is 33.4 Å². The van der Waals surface area contributed by atoms with Crippen LogP contribution in [0.2, 0.25) is 0 Å². The molecule has 3 rings (SSSR count). The Bertz CT molecular complexity index is 674. The van der Waals surface area contributed by atoms with Crippen molar-refractivity contribution >= 4 is 11.7 Å². The van der Waals surface area contributed by atoms with Crippen molar-refractivity contribution < 1.29 is 4.79 Å². The van der Waals surface area contributed by atoms with Gasteiger partial charge in [0.25, 0.3) is 5.91 Å². The van der Waals surface area contributed by atoms with Crippen LogP contribution in [0.3, 0.4) is 0 Å². The molecule has 5 nitrogen and oxygen atoms in total. The van der Waals surface area contributed by atoms with Crippen molar-refractivity contribution in [1.29, 1.82) is 0 Å². The molecule has 2 heterocycles. The van der Waals surface area contributed by atoms with E-state index >= 15 is 0 Å². The van der Waals surface area contributed by atoms with Gasteiger partial charge < -0.3 is 10.2 Å². The van der Waals surface area contributed by atoms with Crippen molar-refractivity contribution in [3.05, 3.63) is 54.0 Å². The predicted molar refractivity (Wildman–Crippen MR) is 94.8 cm³/mol. The number of nitrogens with zero attached hydrogens (tertiary/aromatic N) is 3. The minimum Gasteiger partial charge on any atom is -0.366 e. The van der Waals surface area contributed by atoms with Crippen LogP contribution >= 0.6 is 0 Å². The van der Waals surface area contributed by atoms with Crippen LogP contribution in [0, 0.1) is 0 Å². The molecule has 1 amide bonds. The van der Waals surface area contributed by atoms with Crippen molar-refractivity contribution in [1.82, 2.24) is 14.9 Å². The van der Waals surface area contributed by atoms with Gasteiger partial charge in [-0.1, -0.05) is 37.3 Å². The lowest BCUT2D eigenvalue weighted by atomic mass is 9.99. The van der Waals surface area contributed by atoms with Crippen LogP contribution in [0.25, 0.3) is 0 Å². The Balaban J connectivity index is 1.69. The summed E-state index contributed by atoms with van der Waals surface area (Å²) in [5, 5.41) is 3.26. The monoisotopic (exact) mass is 324 g/mol. The van der Waals surface area contributed by atoms with Crippen molar-refractivity contribution in [2.45, 2.75) is 45.2 Å². The minimum absolute atomic E-state index is 0.0201. The predicted octanol–water partition coefficient (Wildman–Crippen LogP) is 3.49. The number of hydrogen-bond acceptors (Lipinski definition) is 4. The van der Waals surface area contributed by atoms with Gasteiger partial charge in [0.15, 0.2) is 0 Å². The van der Waals surface area contributed by atoms with Crippen LogP contribution in [0.5, 0.6) is 0 Å². The quantitative estimate of drug-likeness (QED) is 0.914. The Morgan fingerprint density at radius 1 is 1.25 bits per heavy atom. The molecule has 0 spiro atoms. The molecule has 24 heavy (non-hydrogen) atoms. The maximum absolute atomic E-state index is 12.8. The number of benzene rings is 1. The van der Waals surface area contributed by atoms with Crippen molar-refractivity contribution in [3.63, 3.8) is 0 Å². The fraction of sp³-hybridized carbons (Fsp3) is 0.421. The van der Waals surface area contributed by atoms with Gasteiger partial charge in [0.05, 0.1) is 0 Å². The maximum Gasteiger partial charge on any atom is 0.272 e. The maximum atomic E-state index is 12.8. The second-order valence-electron chi connectivity index (χ2n) is 6.18. The molecule has 1 unspecified atom stereocenters. The first-order valence-corrected chi connectivity index (χ1v) is 8.68. The van der Waals surface area contributed by atoms with Gasteiger partial charge in [0.2, 0.25) is 0 Å². The molecule has 0 bridgehead atoms. The van der Waals surface area contributed by atoms with E-state index in [1.807, 2.05) is 23.1 Å². The van der Waals surface area contributed by atoms with E-state index in [9.17, 15) is 4.79 Å². The summed E-state index contributed by atoms with van der Waals surface area (Å²) in [6.45, 7) is 3.64. The van der Waals surface area contributed by atoms with Crippen molar-refractivity contribution in [3.8, 4) is 0 Å². The molecule has 1 saturated heterocycles. The molecule has 0 saturated carbocycles. The molecule has 1 aliphatic rings. The molecular weight excluding hydrogens is 300 g/mol. The number of hydrogen-bond donors (Lipinski definition) is 1. The smallest absolute Gasteiger partial charge is 0.272 e. The summed E-state index contributed by atoms with van der Waals surface area (Å²) in [5.74, 6) is 0.703. The Morgan fingerprint density at radius 2 is 2.08 bits per heavy atom. The van der Waals surface area contributed by atoms with E-state index in [1.54, 1.807) is 6.07 Å². The summed E-state index contributed by atoms with van der Waals surface area (Å²) in [6.07, 6.45) is 5.83. The zero-order chi connectivity index (χ0) is 16.8. The molecule has 1 aromatic heterocycles. The molecule has 5 heteroatoms. The molecule has 2 aromatic rings. The average Bonchev–Trinajstić information content (AvgIpc) is 2.67. The molecule has 1 N–H and O–H groups in total. The van der Waals surface area contributed by atoms with Crippen LogP contribution in [0.4, 0.5) is 5.82 Å². The third-order valence-electron chi connectivity index (χ3n) is 4.56. The zero-order valence-corrected chi connectivity index (χ0v) is 14.1. The molecule has 0 aliphatic carbocycles. The second kappa shape index (κ2) is 7.90. The van der Waals surface area contributed by atoms with E-state index in [1.165, 1.54) is 18.3 Å². The van der Waals surface area contributed by atoms with E-state index < -0.39 is 0 Å². The minimum atomic E-state index is 0.0201. The fourth-order valence-electron chi connectivity index (χ4n) is 3.20. The van der Waals surface area contributed by atoms with E-state index in [-0.39, 0.29) is 5.91 Å². The summed E-state index contributed by atoms with van der Waals surface area (Å²) in [6, 6.07) is 12.2. The molecule has 1 atom stereocenters. The van der Waals surface area contributed by atoms with E-state index in [2.05, 4.69) is 34.3 Å². The third kappa shape index (κ3) is 3.91. The molecule has 1 aliphatic heterocycles. The Kier molecular flexibility index (Phi) is 5.41. The van der Waals surface area contributed by atoms with Crippen LogP contribution in [0.1, 0.15) is 48.7 Å². The second-order valence-corrected chi connectivity index (χ2v) is 6.18. The first kappa shape index (κ1) is 16.4. The standard InChI is InChI=1S/C19H24N4O/c1-2-16-10-6-7-11-23(16)19(24)17-12-18(22-14-21-17)20-13-15-8-4-3-5-9-15/h3-5,8-9,12,14,16H,2,6-7,10-11,13H2,1H3,(H,20,21,22). The van der Waals surface area contributed by atoms with Crippen LogP contribution < -0.4 is 5.32 Å². The lowest BCUT2D eigenvalue weighted by Gasteiger charge is -2.35. The first-order valence-electron chi connectivity index (χ1n) is 8.68. The highest BCUT2D eigenvalue weighted by Gasteiger charge is 2.27. The number of anilines is 1. The highest BCUT2D eigenvalue weighted by Crippen LogP contribution is 2.21. The number of aromatic nitrogens is 2. The molecule has 1 aromatic carbocycles. The SMILES string of the molecule is CCC1CCCCN1C(=O)c1cc(NCc2ccccc2)ncn1.